The van der Waals surface area contributed by atoms with Gasteiger partial charge in [0, 0.05) is 19.0 Å². The van der Waals surface area contributed by atoms with Gasteiger partial charge in [0.1, 0.15) is 18.2 Å². The third kappa shape index (κ3) is 7.00. The molecule has 1 aliphatic carbocycles. The quantitative estimate of drug-likeness (QED) is 0.180. The van der Waals surface area contributed by atoms with Crippen molar-refractivity contribution in [3.05, 3.63) is 123 Å². The lowest BCUT2D eigenvalue weighted by atomic mass is 9.82. The number of nitrogens with zero attached hydrogens (tertiary/aromatic N) is 4. The minimum absolute atomic E-state index is 0.0322. The molecule has 0 bridgehead atoms. The largest absolute Gasteiger partial charge is 0.490 e. The van der Waals surface area contributed by atoms with E-state index >= 15 is 0 Å². The van der Waals surface area contributed by atoms with Crippen LogP contribution >= 0.6 is 0 Å². The van der Waals surface area contributed by atoms with E-state index in [1.165, 1.54) is 14.7 Å². The number of fused-ring (bicyclic) bond motifs is 1. The number of aliphatic hydroxyl groups is 1. The summed E-state index contributed by atoms with van der Waals surface area (Å²) in [5.74, 6) is -0.197. The number of ketones is 1. The summed E-state index contributed by atoms with van der Waals surface area (Å²) in [4.78, 5) is 47.6. The first-order valence-corrected chi connectivity index (χ1v) is 16.3. The Bertz CT molecular complexity index is 2050. The number of benzene rings is 3. The van der Waals surface area contributed by atoms with Crippen molar-refractivity contribution in [2.24, 2.45) is 5.92 Å². The van der Waals surface area contributed by atoms with E-state index in [0.717, 1.165) is 29.9 Å². The molecular formula is C38H39FN4O5. The van der Waals surface area contributed by atoms with Crippen molar-refractivity contribution in [3.8, 4) is 22.6 Å². The second-order valence-electron chi connectivity index (χ2n) is 12.7. The Morgan fingerprint density at radius 3 is 2.44 bits per heavy atom. The Hall–Kier alpha value is -4.93. The van der Waals surface area contributed by atoms with Gasteiger partial charge >= 0.3 is 5.69 Å². The van der Waals surface area contributed by atoms with E-state index < -0.39 is 23.1 Å². The van der Waals surface area contributed by atoms with E-state index in [0.29, 0.717) is 49.1 Å². The zero-order valence-electron chi connectivity index (χ0n) is 27.1. The summed E-state index contributed by atoms with van der Waals surface area (Å²) in [6.07, 6.45) is 3.64. The molecule has 9 nitrogen and oxygen atoms in total. The molecule has 2 heterocycles. The van der Waals surface area contributed by atoms with Crippen molar-refractivity contribution in [1.29, 1.82) is 0 Å². The average molecular weight is 651 g/mol. The van der Waals surface area contributed by atoms with E-state index in [1.807, 2.05) is 44.4 Å². The zero-order chi connectivity index (χ0) is 33.8. The van der Waals surface area contributed by atoms with Crippen LogP contribution in [-0.2, 0) is 6.54 Å². The average Bonchev–Trinajstić information content (AvgIpc) is 3.09. The Morgan fingerprint density at radius 2 is 1.71 bits per heavy atom. The highest BCUT2D eigenvalue weighted by atomic mass is 19.1. The number of halogens is 1. The highest BCUT2D eigenvalue weighted by Gasteiger charge is 2.29. The van der Waals surface area contributed by atoms with Crippen LogP contribution in [-0.4, -0.2) is 57.2 Å². The minimum Gasteiger partial charge on any atom is -0.490 e. The van der Waals surface area contributed by atoms with Crippen molar-refractivity contribution in [2.45, 2.75) is 44.7 Å². The molecule has 1 fully saturated rings. The number of para-hydroxylation sites is 1. The molecule has 0 amide bonds. The normalized spacial score (nSPS) is 16.4. The third-order valence-corrected chi connectivity index (χ3v) is 8.97. The van der Waals surface area contributed by atoms with Gasteiger partial charge < -0.3 is 14.7 Å². The van der Waals surface area contributed by atoms with Crippen LogP contribution < -0.4 is 16.0 Å². The summed E-state index contributed by atoms with van der Waals surface area (Å²) >= 11 is 0. The van der Waals surface area contributed by atoms with E-state index in [-0.39, 0.29) is 35.9 Å². The van der Waals surface area contributed by atoms with Gasteiger partial charge in [-0.2, -0.15) is 0 Å². The van der Waals surface area contributed by atoms with Crippen molar-refractivity contribution in [1.82, 2.24) is 19.0 Å². The molecule has 6 rings (SSSR count). The Balaban J connectivity index is 1.29. The van der Waals surface area contributed by atoms with Gasteiger partial charge in [0.25, 0.3) is 5.56 Å². The van der Waals surface area contributed by atoms with Crippen LogP contribution in [0.4, 0.5) is 4.39 Å². The molecule has 0 atom stereocenters. The molecule has 0 aliphatic heterocycles. The van der Waals surface area contributed by atoms with Crippen LogP contribution in [0.15, 0.2) is 94.6 Å². The lowest BCUT2D eigenvalue weighted by Gasteiger charge is -2.29. The maximum Gasteiger partial charge on any atom is 0.337 e. The minimum atomic E-state index is -0.659. The SMILES string of the molecule is CN(C)Cc1ccc(-c2cccc(-n3c(=O)n(C4CCC(CC(=O)c5ccccc5OCCO)CC4)c(=O)c4cc(F)cnc43)c2)cc1. The molecule has 248 valence electrons. The maximum atomic E-state index is 14.5. The molecule has 1 aliphatic rings. The van der Waals surface area contributed by atoms with Crippen LogP contribution in [0, 0.1) is 11.7 Å². The number of ether oxygens (including phenoxy) is 1. The van der Waals surface area contributed by atoms with E-state index in [2.05, 4.69) is 22.0 Å². The number of aromatic nitrogens is 3. The highest BCUT2D eigenvalue weighted by molar-refractivity contribution is 5.98. The zero-order valence-corrected chi connectivity index (χ0v) is 27.1. The van der Waals surface area contributed by atoms with Crippen LogP contribution in [0.3, 0.4) is 0 Å². The molecule has 0 unspecified atom stereocenters. The summed E-state index contributed by atoms with van der Waals surface area (Å²) < 4.78 is 22.7. The molecule has 0 saturated heterocycles. The van der Waals surface area contributed by atoms with Crippen molar-refractivity contribution < 1.29 is 19.0 Å². The smallest absolute Gasteiger partial charge is 0.337 e. The Kier molecular flexibility index (Phi) is 9.93. The molecule has 10 heteroatoms. The second kappa shape index (κ2) is 14.5. The predicted molar refractivity (Wildman–Crippen MR) is 183 cm³/mol. The van der Waals surface area contributed by atoms with Gasteiger partial charge in [-0.05, 0) is 92.7 Å². The molecule has 2 aromatic heterocycles. The lowest BCUT2D eigenvalue weighted by molar-refractivity contribution is 0.0937. The second-order valence-corrected chi connectivity index (χ2v) is 12.7. The van der Waals surface area contributed by atoms with Gasteiger partial charge in [0.15, 0.2) is 11.4 Å². The van der Waals surface area contributed by atoms with Crippen LogP contribution in [0.2, 0.25) is 0 Å². The molecule has 3 aromatic carbocycles. The van der Waals surface area contributed by atoms with Crippen LogP contribution in [0.1, 0.15) is 54.1 Å². The summed E-state index contributed by atoms with van der Waals surface area (Å²) in [5.41, 5.74) is 3.03. The fraction of sp³-hybridized carbons (Fsp3) is 0.316. The first-order valence-electron chi connectivity index (χ1n) is 16.3. The van der Waals surface area contributed by atoms with E-state index in [1.54, 1.807) is 30.3 Å². The highest BCUT2D eigenvalue weighted by Crippen LogP contribution is 2.35. The summed E-state index contributed by atoms with van der Waals surface area (Å²) in [6.45, 7) is 0.765. The molecule has 0 radical (unpaired) electrons. The Morgan fingerprint density at radius 1 is 0.958 bits per heavy atom. The lowest BCUT2D eigenvalue weighted by Crippen LogP contribution is -2.43. The first-order chi connectivity index (χ1) is 23.2. The number of pyridine rings is 1. The van der Waals surface area contributed by atoms with Crippen molar-refractivity contribution in [2.75, 3.05) is 27.3 Å². The van der Waals surface area contributed by atoms with Crippen molar-refractivity contribution >= 4 is 16.8 Å². The number of hydrogen-bond acceptors (Lipinski definition) is 7. The van der Waals surface area contributed by atoms with Gasteiger partial charge in [-0.1, -0.05) is 48.5 Å². The molecule has 1 N–H and O–H groups in total. The first kappa shape index (κ1) is 33.0. The maximum absolute atomic E-state index is 14.5. The molecule has 0 spiro atoms. The standard InChI is InChI=1S/C38H39FN4O5/c1-41(2)24-26-10-14-27(15-11-26)28-6-5-7-31(21-28)42-36-33(22-29(39)23-40-36)37(46)43(38(42)47)30-16-12-25(13-17-30)20-34(45)32-8-3-4-9-35(32)48-19-18-44/h3-11,14-15,21-23,25,30,44H,12-13,16-20,24H2,1-2H3. The molecule has 48 heavy (non-hydrogen) atoms. The number of aliphatic hydroxyl groups excluding tert-OH is 1. The third-order valence-electron chi connectivity index (χ3n) is 8.97. The molecule has 5 aromatic rings. The summed E-state index contributed by atoms with van der Waals surface area (Å²) in [5, 5.41) is 9.17. The fourth-order valence-electron chi connectivity index (χ4n) is 6.69. The fourth-order valence-corrected chi connectivity index (χ4v) is 6.69. The van der Waals surface area contributed by atoms with Gasteiger partial charge in [-0.3, -0.25) is 14.2 Å². The van der Waals surface area contributed by atoms with Crippen molar-refractivity contribution in [3.63, 3.8) is 0 Å². The number of hydrogen-bond donors (Lipinski definition) is 1. The topological polar surface area (TPSA) is 107 Å². The van der Waals surface area contributed by atoms with Gasteiger partial charge in [0.05, 0.1) is 29.4 Å². The van der Waals surface area contributed by atoms with Gasteiger partial charge in [-0.15, -0.1) is 0 Å². The van der Waals surface area contributed by atoms with E-state index in [4.69, 9.17) is 9.84 Å². The Labute approximate surface area is 277 Å². The molecular weight excluding hydrogens is 611 g/mol. The number of Topliss-reactive ketones (excluding diaryl/α,β-unsaturated/α-hetero) is 1. The summed E-state index contributed by atoms with van der Waals surface area (Å²) in [7, 11) is 4.04. The molecule has 1 saturated carbocycles. The predicted octanol–water partition coefficient (Wildman–Crippen LogP) is 5.79. The van der Waals surface area contributed by atoms with Crippen LogP contribution in [0.5, 0.6) is 5.75 Å². The number of rotatable bonds is 11. The monoisotopic (exact) mass is 650 g/mol. The van der Waals surface area contributed by atoms with Gasteiger partial charge in [0.2, 0.25) is 0 Å². The van der Waals surface area contributed by atoms with Crippen LogP contribution in [0.25, 0.3) is 27.8 Å². The number of carbonyl (C=O) groups excluding carboxylic acids is 1. The summed E-state index contributed by atoms with van der Waals surface area (Å²) in [6, 6.07) is 23.4. The van der Waals surface area contributed by atoms with Gasteiger partial charge in [-0.25, -0.2) is 18.7 Å². The van der Waals surface area contributed by atoms with E-state index in [9.17, 15) is 18.8 Å². The number of carbonyl (C=O) groups is 1.